The van der Waals surface area contributed by atoms with Crippen LogP contribution in [0.5, 0.6) is 0 Å². The van der Waals surface area contributed by atoms with Crippen LogP contribution in [0.4, 0.5) is 0 Å². The highest BCUT2D eigenvalue weighted by Crippen LogP contribution is 2.38. The van der Waals surface area contributed by atoms with Crippen molar-refractivity contribution in [3.05, 3.63) is 48.0 Å². The maximum Gasteiger partial charge on any atom is 0.306 e. The molecule has 38 heavy (non-hydrogen) atoms. The molecular weight excluding hydrogens is 476 g/mol. The number of unbranched alkanes of at least 4 members (excludes halogenated alkanes) is 7. The molecule has 1 saturated carbocycles. The summed E-state index contributed by atoms with van der Waals surface area (Å²) in [7, 11) is 0. The van der Waals surface area contributed by atoms with Crippen molar-refractivity contribution in [2.24, 2.45) is 11.8 Å². The molecule has 0 amide bonds. The Bertz CT molecular complexity index is 762. The summed E-state index contributed by atoms with van der Waals surface area (Å²) in [5, 5.41) is 31.5. The van der Waals surface area contributed by atoms with E-state index in [2.05, 4.69) is 42.5 Å². The van der Waals surface area contributed by atoms with E-state index in [1.54, 1.807) is 0 Å². The number of allylic oxidation sites excluding steroid dienone is 2. The van der Waals surface area contributed by atoms with Gasteiger partial charge in [0.2, 0.25) is 0 Å². The molecular formula is C33H54O5. The molecule has 0 bridgehead atoms. The highest BCUT2D eigenvalue weighted by atomic mass is 16.5. The maximum atomic E-state index is 11.6. The number of ether oxygens (including phenoxy) is 1. The van der Waals surface area contributed by atoms with Gasteiger partial charge in [0.1, 0.15) is 0 Å². The Hall–Kier alpha value is -1.69. The van der Waals surface area contributed by atoms with Crippen molar-refractivity contribution in [2.75, 3.05) is 0 Å². The summed E-state index contributed by atoms with van der Waals surface area (Å²) in [5.74, 6) is -0.0988. The number of rotatable bonds is 20. The van der Waals surface area contributed by atoms with Gasteiger partial charge in [-0.05, 0) is 89.0 Å². The SMILES string of the molecule is CC(C)OC(=O)CCCC=CC[C@H]1C(O)CC(O)[C@@H]1CCC(O)CCCCCCCCCc1ccccc1. The van der Waals surface area contributed by atoms with E-state index < -0.39 is 12.2 Å². The Labute approximate surface area is 231 Å². The third-order valence-corrected chi connectivity index (χ3v) is 7.89. The summed E-state index contributed by atoms with van der Waals surface area (Å²) >= 11 is 0. The molecule has 3 unspecified atom stereocenters. The van der Waals surface area contributed by atoms with Crippen LogP contribution >= 0.6 is 0 Å². The molecule has 0 saturated heterocycles. The Kier molecular flexibility index (Phi) is 16.6. The average Bonchev–Trinajstić information content (AvgIpc) is 3.15. The lowest BCUT2D eigenvalue weighted by atomic mass is 9.85. The molecule has 0 spiro atoms. The van der Waals surface area contributed by atoms with Gasteiger partial charge in [0.05, 0.1) is 24.4 Å². The van der Waals surface area contributed by atoms with E-state index in [-0.39, 0.29) is 30.0 Å². The number of esters is 1. The standard InChI is InChI=1S/C33H54O5/c1-26(2)38-33(37)22-16-9-8-15-21-29-30(32(36)25-31(29)35)24-23-28(34)20-14-7-5-3-4-6-11-17-27-18-12-10-13-19-27/h8,10,12-13,15,18-19,26,28-32,34-36H,3-7,9,11,14,16-17,20-25H2,1-2H3/t28?,29-,30-,31?,32?/m1/s1. The van der Waals surface area contributed by atoms with Crippen molar-refractivity contribution >= 4 is 5.97 Å². The largest absolute Gasteiger partial charge is 0.463 e. The van der Waals surface area contributed by atoms with E-state index in [1.807, 2.05) is 13.8 Å². The third kappa shape index (κ3) is 13.9. The van der Waals surface area contributed by atoms with Crippen molar-refractivity contribution in [3.63, 3.8) is 0 Å². The number of aliphatic hydroxyl groups is 3. The second kappa shape index (κ2) is 19.4. The van der Waals surface area contributed by atoms with Crippen LogP contribution in [0.15, 0.2) is 42.5 Å². The highest BCUT2D eigenvalue weighted by molar-refractivity contribution is 5.69. The summed E-state index contributed by atoms with van der Waals surface area (Å²) in [4.78, 5) is 11.6. The monoisotopic (exact) mass is 530 g/mol. The van der Waals surface area contributed by atoms with Crippen molar-refractivity contribution in [1.29, 1.82) is 0 Å². The molecule has 1 aliphatic rings. The Balaban J connectivity index is 1.52. The van der Waals surface area contributed by atoms with Gasteiger partial charge >= 0.3 is 5.97 Å². The van der Waals surface area contributed by atoms with Crippen LogP contribution in [0.1, 0.15) is 116 Å². The molecule has 1 aromatic rings. The van der Waals surface area contributed by atoms with Gasteiger partial charge in [0.25, 0.3) is 0 Å². The van der Waals surface area contributed by atoms with Crippen molar-refractivity contribution in [3.8, 4) is 0 Å². The molecule has 0 aromatic heterocycles. The van der Waals surface area contributed by atoms with Crippen LogP contribution < -0.4 is 0 Å². The average molecular weight is 531 g/mol. The van der Waals surface area contributed by atoms with Gasteiger partial charge in [-0.25, -0.2) is 0 Å². The zero-order chi connectivity index (χ0) is 27.6. The first-order valence-electron chi connectivity index (χ1n) is 15.3. The molecule has 0 radical (unpaired) electrons. The van der Waals surface area contributed by atoms with Crippen molar-refractivity contribution in [1.82, 2.24) is 0 Å². The Morgan fingerprint density at radius 1 is 0.895 bits per heavy atom. The fourth-order valence-corrected chi connectivity index (χ4v) is 5.73. The lowest BCUT2D eigenvalue weighted by molar-refractivity contribution is -0.147. The molecule has 5 heteroatoms. The van der Waals surface area contributed by atoms with Gasteiger partial charge in [-0.15, -0.1) is 0 Å². The number of aryl methyl sites for hydroxylation is 1. The first kappa shape index (κ1) is 32.5. The number of aliphatic hydroxyl groups excluding tert-OH is 3. The molecule has 5 nitrogen and oxygen atoms in total. The number of carbonyl (C=O) groups is 1. The maximum absolute atomic E-state index is 11.6. The second-order valence-corrected chi connectivity index (χ2v) is 11.6. The zero-order valence-corrected chi connectivity index (χ0v) is 24.0. The third-order valence-electron chi connectivity index (χ3n) is 7.89. The van der Waals surface area contributed by atoms with Gasteiger partial charge in [-0.1, -0.05) is 81.0 Å². The topological polar surface area (TPSA) is 87.0 Å². The predicted molar refractivity (Wildman–Crippen MR) is 155 cm³/mol. The summed E-state index contributed by atoms with van der Waals surface area (Å²) in [6.45, 7) is 3.71. The van der Waals surface area contributed by atoms with Crippen LogP contribution in [0.2, 0.25) is 0 Å². The summed E-state index contributed by atoms with van der Waals surface area (Å²) in [6.07, 6.45) is 17.9. The van der Waals surface area contributed by atoms with Crippen LogP contribution in [0, 0.1) is 11.8 Å². The van der Waals surface area contributed by atoms with Gasteiger partial charge < -0.3 is 20.1 Å². The fraction of sp³-hybridized carbons (Fsp3) is 0.727. The van der Waals surface area contributed by atoms with Gasteiger partial charge in [-0.2, -0.15) is 0 Å². The lowest BCUT2D eigenvalue weighted by Gasteiger charge is -2.23. The number of hydrogen-bond acceptors (Lipinski definition) is 5. The quantitative estimate of drug-likeness (QED) is 0.0968. The number of hydrogen-bond donors (Lipinski definition) is 3. The minimum absolute atomic E-state index is 0.0289. The Morgan fingerprint density at radius 2 is 1.55 bits per heavy atom. The fourth-order valence-electron chi connectivity index (χ4n) is 5.73. The van der Waals surface area contributed by atoms with Crippen molar-refractivity contribution in [2.45, 2.75) is 141 Å². The number of benzene rings is 1. The zero-order valence-electron chi connectivity index (χ0n) is 24.0. The minimum atomic E-state index is -0.497. The molecule has 216 valence electrons. The second-order valence-electron chi connectivity index (χ2n) is 11.6. The molecule has 0 heterocycles. The molecule has 2 rings (SSSR count). The molecule has 1 aliphatic carbocycles. The summed E-state index contributed by atoms with van der Waals surface area (Å²) in [5.41, 5.74) is 1.43. The van der Waals surface area contributed by atoms with Crippen molar-refractivity contribution < 1.29 is 24.9 Å². The molecule has 5 atom stereocenters. The molecule has 0 aliphatic heterocycles. The van der Waals surface area contributed by atoms with Gasteiger partial charge in [-0.3, -0.25) is 4.79 Å². The van der Waals surface area contributed by atoms with Crippen LogP contribution in [-0.2, 0) is 16.0 Å². The van der Waals surface area contributed by atoms with Gasteiger partial charge in [0.15, 0.2) is 0 Å². The summed E-state index contributed by atoms with van der Waals surface area (Å²) < 4.78 is 5.15. The first-order chi connectivity index (χ1) is 18.4. The summed E-state index contributed by atoms with van der Waals surface area (Å²) in [6, 6.07) is 10.7. The minimum Gasteiger partial charge on any atom is -0.463 e. The van der Waals surface area contributed by atoms with E-state index in [0.29, 0.717) is 19.3 Å². The van der Waals surface area contributed by atoms with E-state index >= 15 is 0 Å². The van der Waals surface area contributed by atoms with E-state index in [9.17, 15) is 20.1 Å². The van der Waals surface area contributed by atoms with Crippen LogP contribution in [0.25, 0.3) is 0 Å². The van der Waals surface area contributed by atoms with E-state index in [4.69, 9.17) is 4.74 Å². The lowest BCUT2D eigenvalue weighted by Crippen LogP contribution is -2.23. The first-order valence-corrected chi connectivity index (χ1v) is 15.3. The van der Waals surface area contributed by atoms with Gasteiger partial charge in [0, 0.05) is 6.42 Å². The molecule has 1 fully saturated rings. The molecule has 1 aromatic carbocycles. The Morgan fingerprint density at radius 3 is 2.26 bits per heavy atom. The molecule has 3 N–H and O–H groups in total. The smallest absolute Gasteiger partial charge is 0.306 e. The van der Waals surface area contributed by atoms with Crippen LogP contribution in [-0.4, -0.2) is 45.7 Å². The normalized spacial score (nSPS) is 22.4. The van der Waals surface area contributed by atoms with E-state index in [1.165, 1.54) is 50.5 Å². The van der Waals surface area contributed by atoms with Crippen LogP contribution in [0.3, 0.4) is 0 Å². The van der Waals surface area contributed by atoms with E-state index in [0.717, 1.165) is 38.5 Å². The predicted octanol–water partition coefficient (Wildman–Crippen LogP) is 6.92. The number of carbonyl (C=O) groups excluding carboxylic acids is 1. The highest BCUT2D eigenvalue weighted by Gasteiger charge is 2.40.